The molecule has 0 spiro atoms. The van der Waals surface area contributed by atoms with E-state index in [-0.39, 0.29) is 12.3 Å². The number of aliphatic hydroxyl groups is 1. The first-order valence-electron chi connectivity index (χ1n) is 5.32. The van der Waals surface area contributed by atoms with Gasteiger partial charge in [0.1, 0.15) is 12.1 Å². The zero-order chi connectivity index (χ0) is 13.7. The van der Waals surface area contributed by atoms with E-state index in [0.717, 1.165) is 0 Å². The third-order valence-electron chi connectivity index (χ3n) is 2.34. The maximum absolute atomic E-state index is 11.3. The summed E-state index contributed by atoms with van der Waals surface area (Å²) in [4.78, 5) is 21.2. The van der Waals surface area contributed by atoms with Crippen molar-refractivity contribution in [3.05, 3.63) is 39.9 Å². The zero-order valence-corrected chi connectivity index (χ0v) is 9.78. The Balaban J connectivity index is 2.80. The predicted octanol–water partition coefficient (Wildman–Crippen LogP) is 0.519. The van der Waals surface area contributed by atoms with Crippen molar-refractivity contribution in [2.24, 2.45) is 5.73 Å². The zero-order valence-electron chi connectivity index (χ0n) is 9.78. The van der Waals surface area contributed by atoms with Crippen LogP contribution in [0, 0.1) is 10.1 Å². The van der Waals surface area contributed by atoms with Gasteiger partial charge in [0.2, 0.25) is 0 Å². The number of carbonyl (C=O) groups is 1. The van der Waals surface area contributed by atoms with E-state index in [1.807, 2.05) is 0 Å². The van der Waals surface area contributed by atoms with Gasteiger partial charge in [-0.15, -0.1) is 0 Å². The fourth-order valence-corrected chi connectivity index (χ4v) is 1.37. The highest BCUT2D eigenvalue weighted by Crippen LogP contribution is 2.20. The fourth-order valence-electron chi connectivity index (χ4n) is 1.37. The van der Waals surface area contributed by atoms with E-state index in [0.29, 0.717) is 5.56 Å². The molecule has 0 saturated carbocycles. The Morgan fingerprint density at radius 2 is 2.06 bits per heavy atom. The summed E-state index contributed by atoms with van der Waals surface area (Å²) in [6, 6.07) is 3.95. The van der Waals surface area contributed by atoms with Crippen molar-refractivity contribution in [2.75, 3.05) is 6.61 Å². The number of nitro benzene ring substituents is 1. The van der Waals surface area contributed by atoms with Gasteiger partial charge in [0.05, 0.1) is 11.5 Å². The molecule has 3 N–H and O–H groups in total. The standard InChI is InChI=1S/C11H14N2O5/c1-2-18-11(15)9(12)10(14)7-3-5-8(6-4-7)13(16)17/h3-6,9-10,14H,2,12H2,1H3/t9-,10+/m1/s1. The molecule has 0 fully saturated rings. The van der Waals surface area contributed by atoms with E-state index < -0.39 is 23.0 Å². The molecule has 0 aliphatic heterocycles. The van der Waals surface area contributed by atoms with Crippen molar-refractivity contribution in [1.82, 2.24) is 0 Å². The molecule has 0 bridgehead atoms. The first-order chi connectivity index (χ1) is 8.47. The summed E-state index contributed by atoms with van der Waals surface area (Å²) >= 11 is 0. The summed E-state index contributed by atoms with van der Waals surface area (Å²) in [7, 11) is 0. The molecule has 1 aromatic carbocycles. The van der Waals surface area contributed by atoms with Gasteiger partial charge in [0.25, 0.3) is 5.69 Å². The lowest BCUT2D eigenvalue weighted by molar-refractivity contribution is -0.384. The molecule has 18 heavy (non-hydrogen) atoms. The van der Waals surface area contributed by atoms with Crippen molar-refractivity contribution in [3.63, 3.8) is 0 Å². The molecule has 0 aromatic heterocycles. The molecule has 0 aliphatic carbocycles. The van der Waals surface area contributed by atoms with Crippen LogP contribution in [0.1, 0.15) is 18.6 Å². The molecule has 0 aliphatic rings. The van der Waals surface area contributed by atoms with Crippen LogP contribution < -0.4 is 5.73 Å². The van der Waals surface area contributed by atoms with Crippen molar-refractivity contribution in [3.8, 4) is 0 Å². The highest BCUT2D eigenvalue weighted by Gasteiger charge is 2.25. The number of hydrogen-bond donors (Lipinski definition) is 2. The second kappa shape index (κ2) is 6.08. The van der Waals surface area contributed by atoms with Gasteiger partial charge >= 0.3 is 5.97 Å². The first-order valence-corrected chi connectivity index (χ1v) is 5.32. The number of nitrogens with two attached hydrogens (primary N) is 1. The van der Waals surface area contributed by atoms with Crippen LogP contribution >= 0.6 is 0 Å². The number of nitrogens with zero attached hydrogens (tertiary/aromatic N) is 1. The number of rotatable bonds is 5. The minimum Gasteiger partial charge on any atom is -0.465 e. The summed E-state index contributed by atoms with van der Waals surface area (Å²) in [6.07, 6.45) is -1.26. The SMILES string of the molecule is CCOC(=O)[C@H](N)[C@@H](O)c1ccc([N+](=O)[O-])cc1. The smallest absolute Gasteiger partial charge is 0.325 e. The van der Waals surface area contributed by atoms with E-state index in [4.69, 9.17) is 5.73 Å². The summed E-state index contributed by atoms with van der Waals surface area (Å²) in [5, 5.41) is 20.3. The van der Waals surface area contributed by atoms with Crippen molar-refractivity contribution in [2.45, 2.75) is 19.1 Å². The van der Waals surface area contributed by atoms with Crippen LogP contribution in [-0.4, -0.2) is 28.6 Å². The quantitative estimate of drug-likeness (QED) is 0.449. The van der Waals surface area contributed by atoms with E-state index in [1.165, 1.54) is 24.3 Å². The minimum absolute atomic E-state index is 0.101. The number of non-ortho nitro benzene ring substituents is 1. The van der Waals surface area contributed by atoms with Crippen LogP contribution in [0.25, 0.3) is 0 Å². The molecule has 2 atom stereocenters. The van der Waals surface area contributed by atoms with Gasteiger partial charge < -0.3 is 15.6 Å². The Kier molecular flexibility index (Phi) is 4.75. The van der Waals surface area contributed by atoms with Gasteiger partial charge in [-0.1, -0.05) is 0 Å². The molecule has 7 nitrogen and oxygen atoms in total. The van der Waals surface area contributed by atoms with E-state index >= 15 is 0 Å². The van der Waals surface area contributed by atoms with E-state index in [1.54, 1.807) is 6.92 Å². The molecule has 0 unspecified atom stereocenters. The second-order valence-electron chi connectivity index (χ2n) is 3.57. The summed E-state index contributed by atoms with van der Waals surface area (Å²) in [5.41, 5.74) is 5.74. The number of esters is 1. The van der Waals surface area contributed by atoms with Gasteiger partial charge in [-0.3, -0.25) is 14.9 Å². The third kappa shape index (κ3) is 3.25. The number of ether oxygens (including phenoxy) is 1. The Morgan fingerprint density at radius 1 is 1.50 bits per heavy atom. The average molecular weight is 254 g/mol. The Morgan fingerprint density at radius 3 is 2.50 bits per heavy atom. The predicted molar refractivity (Wildman–Crippen MR) is 62.7 cm³/mol. The molecule has 0 saturated heterocycles. The topological polar surface area (TPSA) is 116 Å². The molecule has 1 aromatic rings. The number of benzene rings is 1. The molecule has 0 heterocycles. The maximum Gasteiger partial charge on any atom is 0.325 e. The highest BCUT2D eigenvalue weighted by atomic mass is 16.6. The van der Waals surface area contributed by atoms with Gasteiger partial charge in [-0.25, -0.2) is 0 Å². The van der Waals surface area contributed by atoms with Crippen LogP contribution in [-0.2, 0) is 9.53 Å². The van der Waals surface area contributed by atoms with Crippen LogP contribution in [0.3, 0.4) is 0 Å². The number of carbonyl (C=O) groups excluding carboxylic acids is 1. The minimum atomic E-state index is -1.26. The van der Waals surface area contributed by atoms with E-state index in [2.05, 4.69) is 4.74 Å². The average Bonchev–Trinajstić information content (AvgIpc) is 2.37. The maximum atomic E-state index is 11.3. The third-order valence-corrected chi connectivity index (χ3v) is 2.34. The molecule has 98 valence electrons. The number of nitro groups is 1. The molecular formula is C11H14N2O5. The van der Waals surface area contributed by atoms with Crippen LogP contribution in [0.15, 0.2) is 24.3 Å². The monoisotopic (exact) mass is 254 g/mol. The van der Waals surface area contributed by atoms with Crippen molar-refractivity contribution < 1.29 is 19.6 Å². The molecule has 1 rings (SSSR count). The fraction of sp³-hybridized carbons (Fsp3) is 0.364. The molecular weight excluding hydrogens is 240 g/mol. The summed E-state index contributed by atoms with van der Waals surface area (Å²) in [6.45, 7) is 1.79. The number of hydrogen-bond acceptors (Lipinski definition) is 6. The summed E-state index contributed by atoms with van der Waals surface area (Å²) in [5.74, 6) is -0.719. The van der Waals surface area contributed by atoms with Crippen LogP contribution in [0.5, 0.6) is 0 Å². The van der Waals surface area contributed by atoms with E-state index in [9.17, 15) is 20.0 Å². The Labute approximate surface area is 103 Å². The second-order valence-corrected chi connectivity index (χ2v) is 3.57. The Bertz CT molecular complexity index is 432. The van der Waals surface area contributed by atoms with Crippen molar-refractivity contribution >= 4 is 11.7 Å². The Hall–Kier alpha value is -1.99. The van der Waals surface area contributed by atoms with Gasteiger partial charge in [0.15, 0.2) is 0 Å². The molecule has 0 amide bonds. The van der Waals surface area contributed by atoms with Crippen LogP contribution in [0.4, 0.5) is 5.69 Å². The number of aliphatic hydroxyl groups excluding tert-OH is 1. The summed E-state index contributed by atoms with van der Waals surface area (Å²) < 4.78 is 4.68. The lowest BCUT2D eigenvalue weighted by Crippen LogP contribution is -2.38. The molecule has 0 radical (unpaired) electrons. The van der Waals surface area contributed by atoms with Gasteiger partial charge in [-0.2, -0.15) is 0 Å². The van der Waals surface area contributed by atoms with Crippen molar-refractivity contribution in [1.29, 1.82) is 0 Å². The largest absolute Gasteiger partial charge is 0.465 e. The molecule has 7 heteroatoms. The van der Waals surface area contributed by atoms with Crippen LogP contribution in [0.2, 0.25) is 0 Å². The van der Waals surface area contributed by atoms with Gasteiger partial charge in [-0.05, 0) is 24.6 Å². The highest BCUT2D eigenvalue weighted by molar-refractivity contribution is 5.76. The first kappa shape index (κ1) is 14.1. The lowest BCUT2D eigenvalue weighted by atomic mass is 10.0. The van der Waals surface area contributed by atoms with Gasteiger partial charge in [0, 0.05) is 12.1 Å². The lowest BCUT2D eigenvalue weighted by Gasteiger charge is -2.17. The normalized spacial score (nSPS) is 13.7.